The number of likely N-dealkylation sites (N-methyl/N-ethyl adjacent to an activating group) is 1. The predicted molar refractivity (Wildman–Crippen MR) is 82.0 cm³/mol. The molecule has 1 aliphatic heterocycles. The predicted octanol–water partition coefficient (Wildman–Crippen LogP) is 2.50. The van der Waals surface area contributed by atoms with Gasteiger partial charge in [-0.3, -0.25) is 0 Å². The van der Waals surface area contributed by atoms with Gasteiger partial charge in [0.15, 0.2) is 15.2 Å². The van der Waals surface area contributed by atoms with Crippen LogP contribution in [0.3, 0.4) is 0 Å². The van der Waals surface area contributed by atoms with Crippen molar-refractivity contribution < 1.29 is 9.53 Å². The Hall–Kier alpha value is -0.850. The van der Waals surface area contributed by atoms with Gasteiger partial charge in [-0.15, -0.1) is 0 Å². The van der Waals surface area contributed by atoms with Crippen molar-refractivity contribution in [3.63, 3.8) is 0 Å². The SMILES string of the molecule is CCC1CN(C)CCCN1c1nc(Cl)c(C(=O)OC)s1. The quantitative estimate of drug-likeness (QED) is 0.802. The van der Waals surface area contributed by atoms with E-state index in [0.717, 1.165) is 37.6 Å². The van der Waals surface area contributed by atoms with E-state index in [2.05, 4.69) is 28.8 Å². The number of methoxy groups -OCH3 is 1. The molecule has 1 unspecified atom stereocenters. The summed E-state index contributed by atoms with van der Waals surface area (Å²) in [5, 5.41) is 1.06. The maximum absolute atomic E-state index is 11.6. The van der Waals surface area contributed by atoms with Crippen LogP contribution in [0.25, 0.3) is 0 Å². The number of hydrogen-bond acceptors (Lipinski definition) is 6. The van der Waals surface area contributed by atoms with Crippen LogP contribution in [0.1, 0.15) is 29.4 Å². The lowest BCUT2D eigenvalue weighted by atomic mass is 10.2. The summed E-state index contributed by atoms with van der Waals surface area (Å²) in [6.07, 6.45) is 2.12. The molecule has 0 N–H and O–H groups in total. The molecule has 0 saturated carbocycles. The standard InChI is InChI=1S/C13H20ClN3O2S/c1-4-9-8-16(2)6-5-7-17(9)13-15-11(14)10(20-13)12(18)19-3/h9H,4-8H2,1-3H3. The van der Waals surface area contributed by atoms with E-state index >= 15 is 0 Å². The van der Waals surface area contributed by atoms with Crippen molar-refractivity contribution >= 4 is 34.0 Å². The molecule has 7 heteroatoms. The molecule has 1 aromatic heterocycles. The van der Waals surface area contributed by atoms with Crippen molar-refractivity contribution in [3.05, 3.63) is 10.0 Å². The van der Waals surface area contributed by atoms with Gasteiger partial charge in [-0.05, 0) is 26.4 Å². The molecule has 0 bridgehead atoms. The normalized spacial score (nSPS) is 20.8. The molecule has 1 aromatic rings. The van der Waals surface area contributed by atoms with Crippen LogP contribution in [-0.2, 0) is 4.74 Å². The zero-order valence-electron chi connectivity index (χ0n) is 12.1. The summed E-state index contributed by atoms with van der Waals surface area (Å²) in [4.78, 5) is 21.0. The van der Waals surface area contributed by atoms with Crippen molar-refractivity contribution in [1.29, 1.82) is 0 Å². The summed E-state index contributed by atoms with van der Waals surface area (Å²) in [6, 6.07) is 0.398. The van der Waals surface area contributed by atoms with Gasteiger partial charge in [0.05, 0.1) is 7.11 Å². The highest BCUT2D eigenvalue weighted by atomic mass is 35.5. The number of aromatic nitrogens is 1. The largest absolute Gasteiger partial charge is 0.465 e. The van der Waals surface area contributed by atoms with Gasteiger partial charge in [-0.2, -0.15) is 0 Å². The Morgan fingerprint density at radius 2 is 2.30 bits per heavy atom. The number of rotatable bonds is 3. The Balaban J connectivity index is 2.26. The third-order valence-corrected chi connectivity index (χ3v) is 5.02. The number of halogens is 1. The minimum atomic E-state index is -0.418. The van der Waals surface area contributed by atoms with Crippen LogP contribution >= 0.6 is 22.9 Å². The molecular formula is C13H20ClN3O2S. The first-order valence-electron chi connectivity index (χ1n) is 6.76. The molecule has 2 rings (SSSR count). The Morgan fingerprint density at radius 1 is 1.55 bits per heavy atom. The lowest BCUT2D eigenvalue weighted by molar-refractivity contribution is 0.0606. The van der Waals surface area contributed by atoms with E-state index in [4.69, 9.17) is 16.3 Å². The van der Waals surface area contributed by atoms with Crippen LogP contribution in [0.15, 0.2) is 0 Å². The number of ether oxygens (including phenoxy) is 1. The molecule has 1 fully saturated rings. The Kier molecular flexibility index (Phi) is 5.23. The second-order valence-electron chi connectivity index (χ2n) is 4.98. The van der Waals surface area contributed by atoms with E-state index in [1.165, 1.54) is 18.4 Å². The summed E-state index contributed by atoms with van der Waals surface area (Å²) in [7, 11) is 3.49. The summed E-state index contributed by atoms with van der Waals surface area (Å²) in [5.41, 5.74) is 0. The Morgan fingerprint density at radius 3 is 2.95 bits per heavy atom. The van der Waals surface area contributed by atoms with Crippen LogP contribution in [0.5, 0.6) is 0 Å². The first-order valence-corrected chi connectivity index (χ1v) is 7.96. The van der Waals surface area contributed by atoms with E-state index in [0.29, 0.717) is 10.9 Å². The molecule has 0 radical (unpaired) electrons. The fraction of sp³-hybridized carbons (Fsp3) is 0.692. The number of hydrogen-bond donors (Lipinski definition) is 0. The molecule has 0 spiro atoms. The lowest BCUT2D eigenvalue weighted by Gasteiger charge is -2.29. The molecule has 1 saturated heterocycles. The number of carbonyl (C=O) groups excluding carboxylic acids is 1. The van der Waals surface area contributed by atoms with E-state index in [1.807, 2.05) is 0 Å². The summed E-state index contributed by atoms with van der Waals surface area (Å²) >= 11 is 7.38. The average molecular weight is 318 g/mol. The zero-order chi connectivity index (χ0) is 14.7. The van der Waals surface area contributed by atoms with Gasteiger partial charge >= 0.3 is 5.97 Å². The van der Waals surface area contributed by atoms with Crippen LogP contribution in [0.2, 0.25) is 5.15 Å². The summed E-state index contributed by atoms with van der Waals surface area (Å²) < 4.78 is 4.73. The third kappa shape index (κ3) is 3.24. The average Bonchev–Trinajstić information content (AvgIpc) is 2.71. The molecule has 1 atom stereocenters. The van der Waals surface area contributed by atoms with E-state index in [1.54, 1.807) is 0 Å². The van der Waals surface area contributed by atoms with E-state index in [-0.39, 0.29) is 5.15 Å². The zero-order valence-corrected chi connectivity index (χ0v) is 13.6. The number of nitrogens with zero attached hydrogens (tertiary/aromatic N) is 3. The maximum Gasteiger partial charge on any atom is 0.351 e. The van der Waals surface area contributed by atoms with Gasteiger partial charge in [0, 0.05) is 19.1 Å². The second-order valence-corrected chi connectivity index (χ2v) is 6.31. The van der Waals surface area contributed by atoms with E-state index < -0.39 is 5.97 Å². The Bertz CT molecular complexity index is 480. The smallest absolute Gasteiger partial charge is 0.351 e. The molecular weight excluding hydrogens is 298 g/mol. The monoisotopic (exact) mass is 317 g/mol. The van der Waals surface area contributed by atoms with Crippen LogP contribution in [0, 0.1) is 0 Å². The van der Waals surface area contributed by atoms with Crippen molar-refractivity contribution in [1.82, 2.24) is 9.88 Å². The van der Waals surface area contributed by atoms with Gasteiger partial charge in [0.1, 0.15) is 0 Å². The fourth-order valence-electron chi connectivity index (χ4n) is 2.48. The first-order chi connectivity index (χ1) is 9.56. The molecule has 0 aromatic carbocycles. The molecule has 20 heavy (non-hydrogen) atoms. The number of anilines is 1. The molecule has 2 heterocycles. The van der Waals surface area contributed by atoms with E-state index in [9.17, 15) is 4.79 Å². The first kappa shape index (κ1) is 15.5. The lowest BCUT2D eigenvalue weighted by Crippen LogP contribution is -2.39. The molecule has 1 aliphatic rings. The van der Waals surface area contributed by atoms with Crippen LogP contribution < -0.4 is 4.90 Å². The summed E-state index contributed by atoms with van der Waals surface area (Å²) in [5.74, 6) is -0.418. The topological polar surface area (TPSA) is 45.7 Å². The van der Waals surface area contributed by atoms with Crippen LogP contribution in [-0.4, -0.2) is 55.7 Å². The molecule has 0 amide bonds. The highest BCUT2D eigenvalue weighted by molar-refractivity contribution is 7.18. The minimum absolute atomic E-state index is 0.240. The van der Waals surface area contributed by atoms with Crippen molar-refractivity contribution in [2.45, 2.75) is 25.8 Å². The highest BCUT2D eigenvalue weighted by Crippen LogP contribution is 2.32. The second kappa shape index (κ2) is 6.74. The third-order valence-electron chi connectivity index (χ3n) is 3.56. The molecule has 0 aliphatic carbocycles. The van der Waals surface area contributed by atoms with Crippen molar-refractivity contribution in [2.75, 3.05) is 38.7 Å². The van der Waals surface area contributed by atoms with Gasteiger partial charge in [-0.1, -0.05) is 29.9 Å². The van der Waals surface area contributed by atoms with Crippen LogP contribution in [0.4, 0.5) is 5.13 Å². The molecule has 5 nitrogen and oxygen atoms in total. The van der Waals surface area contributed by atoms with Gasteiger partial charge in [0.2, 0.25) is 0 Å². The Labute approximate surface area is 128 Å². The van der Waals surface area contributed by atoms with Crippen molar-refractivity contribution in [3.8, 4) is 0 Å². The summed E-state index contributed by atoms with van der Waals surface area (Å²) in [6.45, 7) is 5.19. The van der Waals surface area contributed by atoms with Gasteiger partial charge < -0.3 is 14.5 Å². The number of thiazole rings is 1. The number of esters is 1. The fourth-order valence-corrected chi connectivity index (χ4v) is 3.77. The molecule has 112 valence electrons. The van der Waals surface area contributed by atoms with Gasteiger partial charge in [-0.25, -0.2) is 9.78 Å². The minimum Gasteiger partial charge on any atom is -0.465 e. The highest BCUT2D eigenvalue weighted by Gasteiger charge is 2.27. The maximum atomic E-state index is 11.6. The number of carbonyl (C=O) groups is 1. The van der Waals surface area contributed by atoms with Gasteiger partial charge in [0.25, 0.3) is 0 Å². The van der Waals surface area contributed by atoms with Crippen molar-refractivity contribution in [2.24, 2.45) is 0 Å².